The molecule has 1 aliphatic heterocycles. The smallest absolute Gasteiger partial charge is 0.243 e. The van der Waals surface area contributed by atoms with Gasteiger partial charge in [-0.1, -0.05) is 18.2 Å². The molecule has 0 radical (unpaired) electrons. The minimum Gasteiger partial charge on any atom is -0.392 e. The van der Waals surface area contributed by atoms with Crippen LogP contribution < -0.4 is 0 Å². The van der Waals surface area contributed by atoms with Crippen LogP contribution in [0.1, 0.15) is 12.5 Å². The summed E-state index contributed by atoms with van der Waals surface area (Å²) < 4.78 is 49.5. The number of aliphatic hydroxyl groups is 1. The van der Waals surface area contributed by atoms with Gasteiger partial charge in [0, 0.05) is 12.6 Å². The van der Waals surface area contributed by atoms with Crippen molar-refractivity contribution in [1.82, 2.24) is 4.31 Å². The van der Waals surface area contributed by atoms with E-state index in [0.29, 0.717) is 5.56 Å². The lowest BCUT2D eigenvalue weighted by atomic mass is 10.2. The molecule has 1 aromatic carbocycles. The highest BCUT2D eigenvalue weighted by Gasteiger charge is 2.37. The van der Waals surface area contributed by atoms with Gasteiger partial charge < -0.3 is 5.11 Å². The number of hydrogen-bond acceptors (Lipinski definition) is 5. The zero-order valence-electron chi connectivity index (χ0n) is 11.1. The molecule has 1 fully saturated rings. The summed E-state index contributed by atoms with van der Waals surface area (Å²) in [5.74, 6) is -0.342. The second kappa shape index (κ2) is 5.44. The topological polar surface area (TPSA) is 91.8 Å². The lowest BCUT2D eigenvalue weighted by molar-refractivity contribution is 0.277. The van der Waals surface area contributed by atoms with Crippen LogP contribution in [0.5, 0.6) is 0 Å². The van der Waals surface area contributed by atoms with Gasteiger partial charge in [0.2, 0.25) is 10.0 Å². The van der Waals surface area contributed by atoms with E-state index in [1.54, 1.807) is 19.1 Å². The average molecular weight is 319 g/mol. The second-order valence-corrected chi connectivity index (χ2v) is 8.93. The first-order valence-corrected chi connectivity index (χ1v) is 9.45. The van der Waals surface area contributed by atoms with Crippen molar-refractivity contribution in [2.24, 2.45) is 0 Å². The van der Waals surface area contributed by atoms with E-state index in [1.165, 1.54) is 16.4 Å². The molecule has 0 saturated carbocycles. The Kier molecular flexibility index (Phi) is 4.19. The summed E-state index contributed by atoms with van der Waals surface area (Å²) in [5, 5.41) is 9.25. The molecule has 1 N–H and O–H groups in total. The number of hydrogen-bond donors (Lipinski definition) is 1. The first-order valence-electron chi connectivity index (χ1n) is 6.19. The van der Waals surface area contributed by atoms with Crippen LogP contribution in [0.15, 0.2) is 29.2 Å². The van der Waals surface area contributed by atoms with E-state index in [4.69, 9.17) is 0 Å². The van der Waals surface area contributed by atoms with Crippen molar-refractivity contribution in [3.63, 3.8) is 0 Å². The van der Waals surface area contributed by atoms with E-state index in [9.17, 15) is 21.9 Å². The fourth-order valence-electron chi connectivity index (χ4n) is 2.35. The van der Waals surface area contributed by atoms with E-state index < -0.39 is 25.9 Å². The molecule has 0 amide bonds. The molecule has 2 rings (SSSR count). The maximum absolute atomic E-state index is 12.6. The molecule has 8 heteroatoms. The summed E-state index contributed by atoms with van der Waals surface area (Å²) >= 11 is 0. The van der Waals surface area contributed by atoms with Crippen LogP contribution in [0.25, 0.3) is 0 Å². The lowest BCUT2D eigenvalue weighted by Crippen LogP contribution is -2.49. The van der Waals surface area contributed by atoms with Crippen molar-refractivity contribution in [3.8, 4) is 0 Å². The molecule has 1 aromatic rings. The van der Waals surface area contributed by atoms with Crippen molar-refractivity contribution < 1.29 is 21.9 Å². The molecule has 0 spiro atoms. The molecule has 20 heavy (non-hydrogen) atoms. The monoisotopic (exact) mass is 319 g/mol. The number of sulfone groups is 1. The Morgan fingerprint density at radius 2 is 2.00 bits per heavy atom. The third-order valence-corrected chi connectivity index (χ3v) is 7.25. The maximum Gasteiger partial charge on any atom is 0.243 e. The molecular formula is C12H17NO5S2. The van der Waals surface area contributed by atoms with Crippen LogP contribution in [-0.2, 0) is 26.5 Å². The van der Waals surface area contributed by atoms with Crippen LogP contribution in [0.2, 0.25) is 0 Å². The number of benzene rings is 1. The van der Waals surface area contributed by atoms with Gasteiger partial charge in [0.05, 0.1) is 23.0 Å². The molecule has 0 aromatic heterocycles. The van der Waals surface area contributed by atoms with E-state index in [2.05, 4.69) is 0 Å². The maximum atomic E-state index is 12.6. The number of rotatable bonds is 3. The summed E-state index contributed by atoms with van der Waals surface area (Å²) in [4.78, 5) is 0.0358. The lowest BCUT2D eigenvalue weighted by Gasteiger charge is -2.32. The molecule has 1 unspecified atom stereocenters. The largest absolute Gasteiger partial charge is 0.392 e. The first kappa shape index (κ1) is 15.4. The number of sulfonamides is 1. The highest BCUT2D eigenvalue weighted by atomic mass is 32.2. The fourth-order valence-corrected chi connectivity index (χ4v) is 5.97. The normalized spacial score (nSPS) is 23.6. The van der Waals surface area contributed by atoms with Gasteiger partial charge in [0.25, 0.3) is 0 Å². The SMILES string of the molecule is CC1CS(=O)(=O)CCN1S(=O)(=O)c1ccccc1CO. The summed E-state index contributed by atoms with van der Waals surface area (Å²) in [7, 11) is -6.97. The number of aliphatic hydroxyl groups excluding tert-OH is 1. The van der Waals surface area contributed by atoms with Crippen LogP contribution in [0.3, 0.4) is 0 Å². The average Bonchev–Trinajstić information content (AvgIpc) is 2.37. The Hall–Kier alpha value is -0.960. The van der Waals surface area contributed by atoms with Crippen molar-refractivity contribution in [1.29, 1.82) is 0 Å². The van der Waals surface area contributed by atoms with Gasteiger partial charge in [-0.2, -0.15) is 4.31 Å². The van der Waals surface area contributed by atoms with Gasteiger partial charge in [0.1, 0.15) is 0 Å². The Balaban J connectivity index is 2.41. The van der Waals surface area contributed by atoms with Crippen molar-refractivity contribution in [2.75, 3.05) is 18.1 Å². The van der Waals surface area contributed by atoms with Gasteiger partial charge in [-0.15, -0.1) is 0 Å². The van der Waals surface area contributed by atoms with Crippen LogP contribution in [0, 0.1) is 0 Å². The zero-order valence-corrected chi connectivity index (χ0v) is 12.7. The molecule has 1 aliphatic rings. The molecule has 1 saturated heterocycles. The van der Waals surface area contributed by atoms with Gasteiger partial charge in [-0.25, -0.2) is 16.8 Å². The predicted octanol–water partition coefficient (Wildman–Crippen LogP) is -0.0135. The standard InChI is InChI=1S/C12H17NO5S2/c1-10-9-19(15,16)7-6-13(10)20(17,18)12-5-3-2-4-11(12)8-14/h2-5,10,14H,6-9H2,1H3. The summed E-state index contributed by atoms with van der Waals surface area (Å²) in [5.41, 5.74) is 0.313. The third-order valence-electron chi connectivity index (χ3n) is 3.34. The summed E-state index contributed by atoms with van der Waals surface area (Å²) in [6.45, 7) is 1.15. The minimum absolute atomic E-state index is 0.0358. The first-order chi connectivity index (χ1) is 9.28. The van der Waals surface area contributed by atoms with Crippen molar-refractivity contribution in [3.05, 3.63) is 29.8 Å². The predicted molar refractivity (Wildman–Crippen MR) is 74.4 cm³/mol. The molecule has 1 heterocycles. The Bertz CT molecular complexity index is 696. The van der Waals surface area contributed by atoms with Gasteiger partial charge >= 0.3 is 0 Å². The van der Waals surface area contributed by atoms with Crippen molar-refractivity contribution in [2.45, 2.75) is 24.5 Å². The van der Waals surface area contributed by atoms with E-state index >= 15 is 0 Å². The quantitative estimate of drug-likeness (QED) is 0.846. The summed E-state index contributed by atoms with van der Waals surface area (Å²) in [6.07, 6.45) is 0. The molecular weight excluding hydrogens is 302 g/mol. The fraction of sp³-hybridized carbons (Fsp3) is 0.500. The Morgan fingerprint density at radius 3 is 2.60 bits per heavy atom. The third kappa shape index (κ3) is 2.88. The second-order valence-electron chi connectivity index (χ2n) is 4.84. The molecule has 112 valence electrons. The van der Waals surface area contributed by atoms with E-state index in [-0.39, 0.29) is 29.6 Å². The summed E-state index contributed by atoms with van der Waals surface area (Å²) in [6, 6.07) is 5.59. The molecule has 0 aliphatic carbocycles. The van der Waals surface area contributed by atoms with Gasteiger partial charge in [-0.05, 0) is 18.6 Å². The Labute approximate surface area is 119 Å². The highest BCUT2D eigenvalue weighted by Crippen LogP contribution is 2.24. The molecule has 6 nitrogen and oxygen atoms in total. The van der Waals surface area contributed by atoms with Crippen LogP contribution >= 0.6 is 0 Å². The molecule has 0 bridgehead atoms. The zero-order chi connectivity index (χ0) is 15.0. The highest BCUT2D eigenvalue weighted by molar-refractivity contribution is 7.92. The Morgan fingerprint density at radius 1 is 1.35 bits per heavy atom. The van der Waals surface area contributed by atoms with E-state index in [0.717, 1.165) is 0 Å². The molecule has 1 atom stereocenters. The van der Waals surface area contributed by atoms with Crippen molar-refractivity contribution >= 4 is 19.9 Å². The minimum atomic E-state index is -3.80. The van der Waals surface area contributed by atoms with Crippen LogP contribution in [0.4, 0.5) is 0 Å². The number of nitrogens with zero attached hydrogens (tertiary/aromatic N) is 1. The van der Waals surface area contributed by atoms with Gasteiger partial charge in [-0.3, -0.25) is 0 Å². The van der Waals surface area contributed by atoms with Crippen LogP contribution in [-0.4, -0.2) is 50.3 Å². The van der Waals surface area contributed by atoms with Gasteiger partial charge in [0.15, 0.2) is 9.84 Å². The van der Waals surface area contributed by atoms with E-state index in [1.807, 2.05) is 0 Å².